The van der Waals surface area contributed by atoms with Gasteiger partial charge >= 0.3 is 0 Å². The number of rotatable bonds is 6. The highest BCUT2D eigenvalue weighted by Crippen LogP contribution is 2.24. The van der Waals surface area contributed by atoms with Gasteiger partial charge < -0.3 is 4.90 Å². The Kier molecular flexibility index (Phi) is 6.55. The Hall–Kier alpha value is -2.56. The summed E-state index contributed by atoms with van der Waals surface area (Å²) in [5.74, 6) is -1.99. The van der Waals surface area contributed by atoms with Crippen molar-refractivity contribution in [1.29, 1.82) is 0 Å². The zero-order valence-corrected chi connectivity index (χ0v) is 16.1. The van der Waals surface area contributed by atoms with Crippen LogP contribution in [0.25, 0.3) is 0 Å². The lowest BCUT2D eigenvalue weighted by atomic mass is 9.88. The Morgan fingerprint density at radius 3 is 2.29 bits per heavy atom. The summed E-state index contributed by atoms with van der Waals surface area (Å²) in [4.78, 5) is 26.7. The summed E-state index contributed by atoms with van der Waals surface area (Å²) >= 11 is 0. The van der Waals surface area contributed by atoms with Gasteiger partial charge in [-0.15, -0.1) is 0 Å². The van der Waals surface area contributed by atoms with Gasteiger partial charge in [0.2, 0.25) is 5.91 Å². The molecule has 2 aromatic carbocycles. The minimum atomic E-state index is -0.695. The molecule has 0 bridgehead atoms. The van der Waals surface area contributed by atoms with Gasteiger partial charge in [0.25, 0.3) is 0 Å². The van der Waals surface area contributed by atoms with E-state index in [9.17, 15) is 18.4 Å². The first-order valence-corrected chi connectivity index (χ1v) is 9.82. The molecule has 1 heterocycles. The monoisotopic (exact) mass is 385 g/mol. The van der Waals surface area contributed by atoms with E-state index in [1.807, 2.05) is 0 Å². The van der Waals surface area contributed by atoms with Crippen LogP contribution in [0.15, 0.2) is 42.5 Å². The van der Waals surface area contributed by atoms with E-state index >= 15 is 0 Å². The van der Waals surface area contributed by atoms with Gasteiger partial charge in [-0.1, -0.05) is 31.2 Å². The number of carbonyl (C=O) groups excluding carboxylic acids is 2. The molecule has 1 aliphatic rings. The van der Waals surface area contributed by atoms with Crippen LogP contribution >= 0.6 is 0 Å². The zero-order valence-electron chi connectivity index (χ0n) is 16.1. The number of Topliss-reactive ketones (excluding diaryl/α,β-unsaturated/α-hetero) is 1. The fourth-order valence-corrected chi connectivity index (χ4v) is 3.65. The smallest absolute Gasteiger partial charge is 0.222 e. The summed E-state index contributed by atoms with van der Waals surface area (Å²) in [5, 5.41) is 0. The fourth-order valence-electron chi connectivity index (χ4n) is 3.65. The lowest BCUT2D eigenvalue weighted by Gasteiger charge is -2.31. The third kappa shape index (κ3) is 4.83. The van der Waals surface area contributed by atoms with Gasteiger partial charge in [-0.2, -0.15) is 0 Å². The third-order valence-electron chi connectivity index (χ3n) is 5.47. The van der Waals surface area contributed by atoms with Crippen molar-refractivity contribution in [3.63, 3.8) is 0 Å². The van der Waals surface area contributed by atoms with E-state index in [0.717, 1.165) is 30.2 Å². The number of amides is 1. The molecule has 0 atom stereocenters. The number of hydrogen-bond acceptors (Lipinski definition) is 2. The molecule has 148 valence electrons. The Bertz CT molecular complexity index is 840. The van der Waals surface area contributed by atoms with Gasteiger partial charge in [0.05, 0.1) is 5.56 Å². The molecule has 3 rings (SSSR count). The average Bonchev–Trinajstić information content (AvgIpc) is 2.73. The second kappa shape index (κ2) is 9.09. The summed E-state index contributed by atoms with van der Waals surface area (Å²) in [6, 6.07) is 11.2. The van der Waals surface area contributed by atoms with Crippen molar-refractivity contribution < 1.29 is 18.4 Å². The number of piperidine rings is 1. The first-order valence-electron chi connectivity index (χ1n) is 9.82. The number of hydrogen-bond donors (Lipinski definition) is 0. The Morgan fingerprint density at radius 2 is 1.64 bits per heavy atom. The van der Waals surface area contributed by atoms with E-state index < -0.39 is 11.6 Å². The van der Waals surface area contributed by atoms with Crippen molar-refractivity contribution in [2.24, 2.45) is 5.92 Å². The summed E-state index contributed by atoms with van der Waals surface area (Å²) in [7, 11) is 0. The van der Waals surface area contributed by atoms with Crippen molar-refractivity contribution in [3.8, 4) is 0 Å². The van der Waals surface area contributed by atoms with Gasteiger partial charge in [0.15, 0.2) is 5.78 Å². The molecular formula is C23H25F2NO2. The molecule has 1 fully saturated rings. The van der Waals surface area contributed by atoms with Crippen LogP contribution in [0, 0.1) is 17.6 Å². The highest BCUT2D eigenvalue weighted by Gasteiger charge is 2.29. The molecule has 0 spiro atoms. The molecule has 1 saturated heterocycles. The minimum Gasteiger partial charge on any atom is -0.343 e. The van der Waals surface area contributed by atoms with Crippen molar-refractivity contribution in [2.45, 2.75) is 39.0 Å². The maximum absolute atomic E-state index is 13.8. The molecule has 0 saturated carbocycles. The van der Waals surface area contributed by atoms with Gasteiger partial charge in [0, 0.05) is 25.4 Å². The summed E-state index contributed by atoms with van der Waals surface area (Å²) < 4.78 is 27.2. The maximum atomic E-state index is 13.8. The number of aryl methyl sites for hydroxylation is 2. The fraction of sp³-hybridized carbons (Fsp3) is 0.391. The molecule has 0 unspecified atom stereocenters. The summed E-state index contributed by atoms with van der Waals surface area (Å²) in [5.41, 5.74) is 2.22. The lowest BCUT2D eigenvalue weighted by Crippen LogP contribution is -2.40. The largest absolute Gasteiger partial charge is 0.343 e. The van der Waals surface area contributed by atoms with Crippen LogP contribution in [0.4, 0.5) is 8.78 Å². The van der Waals surface area contributed by atoms with Gasteiger partial charge in [-0.25, -0.2) is 8.78 Å². The number of halogens is 2. The van der Waals surface area contributed by atoms with Crippen molar-refractivity contribution >= 4 is 11.7 Å². The van der Waals surface area contributed by atoms with E-state index in [0.29, 0.717) is 38.8 Å². The molecule has 0 aromatic heterocycles. The molecule has 1 aliphatic heterocycles. The molecule has 3 nitrogen and oxygen atoms in total. The zero-order chi connectivity index (χ0) is 20.1. The van der Waals surface area contributed by atoms with Crippen LogP contribution in [0.1, 0.15) is 47.7 Å². The molecule has 0 N–H and O–H groups in total. The van der Waals surface area contributed by atoms with E-state index in [1.165, 1.54) is 5.56 Å². The number of nitrogens with zero attached hydrogens (tertiary/aromatic N) is 1. The molecule has 0 aliphatic carbocycles. The quantitative estimate of drug-likeness (QED) is 0.683. The Labute approximate surface area is 164 Å². The molecule has 28 heavy (non-hydrogen) atoms. The van der Waals surface area contributed by atoms with E-state index in [1.54, 1.807) is 4.90 Å². The van der Waals surface area contributed by atoms with Crippen LogP contribution in [0.5, 0.6) is 0 Å². The third-order valence-corrected chi connectivity index (χ3v) is 5.47. The second-order valence-electron chi connectivity index (χ2n) is 7.31. The normalized spacial score (nSPS) is 14.9. The molecular weight excluding hydrogens is 360 g/mol. The minimum absolute atomic E-state index is 0.0717. The first-order chi connectivity index (χ1) is 13.5. The molecule has 1 amide bonds. The molecule has 2 aromatic rings. The van der Waals surface area contributed by atoms with Crippen molar-refractivity contribution in [3.05, 3.63) is 70.8 Å². The first kappa shape index (κ1) is 20.2. The predicted molar refractivity (Wildman–Crippen MR) is 104 cm³/mol. The van der Waals surface area contributed by atoms with Crippen LogP contribution < -0.4 is 0 Å². The second-order valence-corrected chi connectivity index (χ2v) is 7.31. The summed E-state index contributed by atoms with van der Waals surface area (Å²) in [6.07, 6.45) is 3.07. The lowest BCUT2D eigenvalue weighted by molar-refractivity contribution is -0.132. The highest BCUT2D eigenvalue weighted by atomic mass is 19.1. The van der Waals surface area contributed by atoms with Crippen LogP contribution in [0.3, 0.4) is 0 Å². The average molecular weight is 385 g/mol. The SMILES string of the molecule is CCc1ccc(CCC(=O)N2CCC(C(=O)c3cc(F)ccc3F)CC2)cc1. The van der Waals surface area contributed by atoms with Crippen molar-refractivity contribution in [1.82, 2.24) is 4.90 Å². The molecule has 0 radical (unpaired) electrons. The summed E-state index contributed by atoms with van der Waals surface area (Å²) in [6.45, 7) is 3.05. The van der Waals surface area contributed by atoms with E-state index in [-0.39, 0.29) is 23.2 Å². The van der Waals surface area contributed by atoms with Crippen LogP contribution in [-0.4, -0.2) is 29.7 Å². The van der Waals surface area contributed by atoms with Crippen LogP contribution in [0.2, 0.25) is 0 Å². The topological polar surface area (TPSA) is 37.4 Å². The van der Waals surface area contributed by atoms with Gasteiger partial charge in [-0.05, 0) is 55.0 Å². The Morgan fingerprint density at radius 1 is 1.00 bits per heavy atom. The number of likely N-dealkylation sites (tertiary alicyclic amines) is 1. The standard InChI is InChI=1S/C23H25F2NO2/c1-2-16-3-5-17(6-4-16)7-10-22(27)26-13-11-18(12-14-26)23(28)20-15-19(24)8-9-21(20)25/h3-6,8-9,15,18H,2,7,10-14H2,1H3. The number of carbonyl (C=O) groups is 2. The van der Waals surface area contributed by atoms with E-state index in [2.05, 4.69) is 31.2 Å². The number of benzene rings is 2. The van der Waals surface area contributed by atoms with E-state index in [4.69, 9.17) is 0 Å². The number of ketones is 1. The molecule has 5 heteroatoms. The highest BCUT2D eigenvalue weighted by molar-refractivity contribution is 5.98. The van der Waals surface area contributed by atoms with Crippen molar-refractivity contribution in [2.75, 3.05) is 13.1 Å². The Balaban J connectivity index is 1.50. The van der Waals surface area contributed by atoms with Crippen LogP contribution in [-0.2, 0) is 17.6 Å². The van der Waals surface area contributed by atoms with Gasteiger partial charge in [0.1, 0.15) is 11.6 Å². The maximum Gasteiger partial charge on any atom is 0.222 e. The van der Waals surface area contributed by atoms with Gasteiger partial charge in [-0.3, -0.25) is 9.59 Å². The predicted octanol–water partition coefficient (Wildman–Crippen LogP) is 4.58.